The summed E-state index contributed by atoms with van der Waals surface area (Å²) in [6, 6.07) is 0.819. The minimum atomic E-state index is -4.43. The van der Waals surface area contributed by atoms with E-state index in [1.165, 1.54) is 6.08 Å². The summed E-state index contributed by atoms with van der Waals surface area (Å²) in [6.45, 7) is 0. The molecule has 0 spiro atoms. The van der Waals surface area contributed by atoms with Crippen LogP contribution in [0.2, 0.25) is 0 Å². The Morgan fingerprint density at radius 3 is 2.62 bits per heavy atom. The van der Waals surface area contributed by atoms with Crippen molar-refractivity contribution in [3.05, 3.63) is 23.5 Å². The number of aromatic nitrogens is 2. The zero-order valence-electron chi connectivity index (χ0n) is 6.30. The zero-order chi connectivity index (χ0) is 9.90. The van der Waals surface area contributed by atoms with Crippen molar-refractivity contribution < 1.29 is 18.0 Å². The highest BCUT2D eigenvalue weighted by Crippen LogP contribution is 2.27. The average molecular weight is 190 g/mol. The van der Waals surface area contributed by atoms with Crippen LogP contribution in [0.4, 0.5) is 13.2 Å². The van der Waals surface area contributed by atoms with Crippen molar-refractivity contribution in [3.8, 4) is 0 Å². The number of H-pyrrole nitrogens is 1. The molecule has 1 heterocycles. The molecule has 6 heteroatoms. The number of nitrogens with zero attached hydrogens (tertiary/aromatic N) is 1. The van der Waals surface area contributed by atoms with Gasteiger partial charge in [0, 0.05) is 0 Å². The molecule has 0 saturated carbocycles. The number of rotatable bonds is 2. The first-order chi connectivity index (χ1) is 6.04. The topological polar surface area (TPSA) is 45.8 Å². The fraction of sp³-hybridized carbons (Fsp3) is 0.143. The Bertz CT molecular complexity index is 327. The van der Waals surface area contributed by atoms with Crippen LogP contribution >= 0.6 is 0 Å². The molecule has 0 aliphatic heterocycles. The Balaban J connectivity index is 2.87. The van der Waals surface area contributed by atoms with Gasteiger partial charge in [-0.2, -0.15) is 18.3 Å². The van der Waals surface area contributed by atoms with Gasteiger partial charge in [0.15, 0.2) is 0 Å². The lowest BCUT2D eigenvalue weighted by Gasteiger charge is -1.99. The maximum absolute atomic E-state index is 12.0. The Hall–Kier alpha value is -1.59. The Morgan fingerprint density at radius 2 is 2.15 bits per heavy atom. The van der Waals surface area contributed by atoms with Gasteiger partial charge in [-0.1, -0.05) is 0 Å². The third kappa shape index (κ3) is 2.43. The van der Waals surface area contributed by atoms with Gasteiger partial charge in [-0.05, 0) is 18.2 Å². The van der Waals surface area contributed by atoms with Crippen molar-refractivity contribution in [2.24, 2.45) is 0 Å². The SMILES string of the molecule is O=C/C=C/c1cc(C(F)(F)F)[nH]n1. The molecule has 1 aromatic heterocycles. The van der Waals surface area contributed by atoms with Gasteiger partial charge in [-0.15, -0.1) is 0 Å². The van der Waals surface area contributed by atoms with Crippen LogP contribution in [0.5, 0.6) is 0 Å². The number of aldehydes is 1. The van der Waals surface area contributed by atoms with Crippen LogP contribution in [-0.4, -0.2) is 16.5 Å². The van der Waals surface area contributed by atoms with E-state index in [9.17, 15) is 18.0 Å². The minimum absolute atomic E-state index is 0.0689. The molecule has 0 amide bonds. The molecule has 1 N–H and O–H groups in total. The van der Waals surface area contributed by atoms with Gasteiger partial charge >= 0.3 is 6.18 Å². The van der Waals surface area contributed by atoms with Gasteiger partial charge in [0.25, 0.3) is 0 Å². The summed E-state index contributed by atoms with van der Waals surface area (Å²) >= 11 is 0. The molecule has 0 fully saturated rings. The predicted molar refractivity (Wildman–Crippen MR) is 38.7 cm³/mol. The summed E-state index contributed by atoms with van der Waals surface area (Å²) in [6.07, 6.45) is -1.72. The van der Waals surface area contributed by atoms with Crippen LogP contribution in [0.1, 0.15) is 11.4 Å². The molecule has 1 rings (SSSR count). The quantitative estimate of drug-likeness (QED) is 0.569. The Kier molecular flexibility index (Phi) is 2.50. The van der Waals surface area contributed by atoms with Gasteiger partial charge in [-0.3, -0.25) is 9.89 Å². The molecule has 3 nitrogen and oxygen atoms in total. The lowest BCUT2D eigenvalue weighted by atomic mass is 10.3. The van der Waals surface area contributed by atoms with Crippen molar-refractivity contribution in [2.75, 3.05) is 0 Å². The molecule has 0 saturated heterocycles. The molecule has 0 bridgehead atoms. The van der Waals surface area contributed by atoms with E-state index in [4.69, 9.17) is 0 Å². The molecule has 70 valence electrons. The molecule has 0 aliphatic carbocycles. The number of carbonyl (C=O) groups excluding carboxylic acids is 1. The second-order valence-electron chi connectivity index (χ2n) is 2.20. The van der Waals surface area contributed by atoms with Crippen LogP contribution in [-0.2, 0) is 11.0 Å². The Morgan fingerprint density at radius 1 is 1.46 bits per heavy atom. The van der Waals surface area contributed by atoms with E-state index in [0.29, 0.717) is 6.29 Å². The molecular formula is C7H5F3N2O. The summed E-state index contributed by atoms with van der Waals surface area (Å²) in [5, 5.41) is 5.14. The molecule has 0 aliphatic rings. The van der Waals surface area contributed by atoms with Crippen LogP contribution in [0.25, 0.3) is 6.08 Å². The zero-order valence-corrected chi connectivity index (χ0v) is 6.30. The first-order valence-electron chi connectivity index (χ1n) is 3.28. The molecule has 13 heavy (non-hydrogen) atoms. The van der Waals surface area contributed by atoms with Gasteiger partial charge in [0.2, 0.25) is 0 Å². The number of carbonyl (C=O) groups is 1. The number of allylic oxidation sites excluding steroid dienone is 1. The molecule has 0 unspecified atom stereocenters. The third-order valence-corrected chi connectivity index (χ3v) is 1.25. The van der Waals surface area contributed by atoms with Crippen molar-refractivity contribution in [1.29, 1.82) is 0 Å². The van der Waals surface area contributed by atoms with E-state index < -0.39 is 11.9 Å². The molecule has 1 aromatic rings. The monoisotopic (exact) mass is 190 g/mol. The highest BCUT2D eigenvalue weighted by Gasteiger charge is 2.32. The lowest BCUT2D eigenvalue weighted by Crippen LogP contribution is -2.04. The van der Waals surface area contributed by atoms with Crippen molar-refractivity contribution >= 4 is 12.4 Å². The fourth-order valence-electron chi connectivity index (χ4n) is 0.706. The number of nitrogens with one attached hydrogen (secondary N) is 1. The summed E-state index contributed by atoms with van der Waals surface area (Å²) in [5.74, 6) is 0. The number of hydrogen-bond donors (Lipinski definition) is 1. The van der Waals surface area contributed by atoms with Crippen molar-refractivity contribution in [2.45, 2.75) is 6.18 Å². The first-order valence-corrected chi connectivity index (χ1v) is 3.28. The smallest absolute Gasteiger partial charge is 0.299 e. The van der Waals surface area contributed by atoms with Crippen LogP contribution in [0.15, 0.2) is 12.1 Å². The first kappa shape index (κ1) is 9.50. The van der Waals surface area contributed by atoms with Crippen LogP contribution in [0, 0.1) is 0 Å². The minimum Gasteiger partial charge on any atom is -0.299 e. The lowest BCUT2D eigenvalue weighted by molar-refractivity contribution is -0.141. The van der Waals surface area contributed by atoms with E-state index in [2.05, 4.69) is 5.10 Å². The van der Waals surface area contributed by atoms with E-state index in [1.54, 1.807) is 0 Å². The number of halogens is 3. The normalized spacial score (nSPS) is 12.2. The third-order valence-electron chi connectivity index (χ3n) is 1.25. The van der Waals surface area contributed by atoms with E-state index in [-0.39, 0.29) is 5.69 Å². The average Bonchev–Trinajstić information content (AvgIpc) is 2.47. The van der Waals surface area contributed by atoms with Gasteiger partial charge in [0.05, 0.1) is 5.69 Å². The summed E-state index contributed by atoms with van der Waals surface area (Å²) < 4.78 is 35.9. The largest absolute Gasteiger partial charge is 0.432 e. The summed E-state index contributed by atoms with van der Waals surface area (Å²) in [5.41, 5.74) is -0.863. The molecule has 0 atom stereocenters. The Labute approximate surface area is 71.3 Å². The molecular weight excluding hydrogens is 185 g/mol. The van der Waals surface area contributed by atoms with E-state index >= 15 is 0 Å². The second-order valence-corrected chi connectivity index (χ2v) is 2.20. The highest BCUT2D eigenvalue weighted by atomic mass is 19.4. The van der Waals surface area contributed by atoms with Gasteiger partial charge < -0.3 is 0 Å². The van der Waals surface area contributed by atoms with Gasteiger partial charge in [0.1, 0.15) is 12.0 Å². The number of alkyl halides is 3. The standard InChI is InChI=1S/C7H5F3N2O/c8-7(9,10)6-4-5(11-12-6)2-1-3-13/h1-4H,(H,11,12)/b2-1+. The maximum Gasteiger partial charge on any atom is 0.432 e. The molecule has 0 radical (unpaired) electrons. The maximum atomic E-state index is 12.0. The number of aromatic amines is 1. The predicted octanol–water partition coefficient (Wildman–Crippen LogP) is 1.64. The second kappa shape index (κ2) is 3.42. The van der Waals surface area contributed by atoms with Crippen LogP contribution in [0.3, 0.4) is 0 Å². The fourth-order valence-corrected chi connectivity index (χ4v) is 0.706. The van der Waals surface area contributed by atoms with Crippen LogP contribution < -0.4 is 0 Å². The van der Waals surface area contributed by atoms with Gasteiger partial charge in [-0.25, -0.2) is 0 Å². The number of hydrogen-bond acceptors (Lipinski definition) is 2. The molecule has 0 aromatic carbocycles. The van der Waals surface area contributed by atoms with Crippen molar-refractivity contribution in [3.63, 3.8) is 0 Å². The van der Waals surface area contributed by atoms with E-state index in [1.807, 2.05) is 5.10 Å². The van der Waals surface area contributed by atoms with E-state index in [0.717, 1.165) is 12.1 Å². The summed E-state index contributed by atoms with van der Waals surface area (Å²) in [7, 11) is 0. The van der Waals surface area contributed by atoms with Crippen molar-refractivity contribution in [1.82, 2.24) is 10.2 Å². The summed E-state index contributed by atoms with van der Waals surface area (Å²) in [4.78, 5) is 9.83. The highest BCUT2D eigenvalue weighted by molar-refractivity contribution is 5.72.